The summed E-state index contributed by atoms with van der Waals surface area (Å²) in [6.45, 7) is 0.731. The second kappa shape index (κ2) is 11.5. The van der Waals surface area contributed by atoms with Gasteiger partial charge in [-0.15, -0.1) is 0 Å². The maximum atomic E-state index is 13.1. The van der Waals surface area contributed by atoms with Gasteiger partial charge in [-0.2, -0.15) is 0 Å². The molecule has 4 N–H and O–H groups in total. The van der Waals surface area contributed by atoms with Gasteiger partial charge in [0.05, 0.1) is 34.1 Å². The summed E-state index contributed by atoms with van der Waals surface area (Å²) in [4.78, 5) is 64.7. The third-order valence-corrected chi connectivity index (χ3v) is 8.20. The summed E-state index contributed by atoms with van der Waals surface area (Å²) in [5, 5.41) is 5.63. The van der Waals surface area contributed by atoms with Crippen LogP contribution in [-0.4, -0.2) is 63.3 Å². The normalized spacial score (nSPS) is 23.0. The van der Waals surface area contributed by atoms with Gasteiger partial charge >= 0.3 is 0 Å². The number of imide groups is 2. The van der Waals surface area contributed by atoms with Gasteiger partial charge in [0, 0.05) is 42.7 Å². The zero-order chi connectivity index (χ0) is 29.2. The van der Waals surface area contributed by atoms with Gasteiger partial charge in [-0.05, 0) is 68.4 Å². The molecule has 1 aliphatic carbocycles. The zero-order valence-corrected chi connectivity index (χ0v) is 23.0. The monoisotopic (exact) mass is 565 g/mol. The molecule has 6 rings (SSSR count). The number of nitrogens with one attached hydrogen (secondary N) is 2. The molecule has 3 aromatic rings. The summed E-state index contributed by atoms with van der Waals surface area (Å²) in [6.07, 6.45) is 9.13. The number of nitrogens with two attached hydrogens (primary N) is 1. The number of aliphatic imine (C=N–C) groups is 1. The Balaban J connectivity index is 1.02. The number of amides is 4. The Morgan fingerprint density at radius 1 is 1.00 bits per heavy atom. The van der Waals surface area contributed by atoms with Gasteiger partial charge in [-0.1, -0.05) is 12.1 Å². The number of allylic oxidation sites excluding steroid dienone is 1. The molecule has 2 aromatic carbocycles. The highest BCUT2D eigenvalue weighted by molar-refractivity contribution is 6.23. The standard InChI is InChI=1S/C31H31N7O4/c32-14-19(26-17-35-24-3-1-2-4-25(24)36-26)16-34-20-7-5-18(6-8-20)15-33-21-9-10-22-23(13-21)31(42)38(30(22)41)27-11-12-28(39)37-29(27)40/h1-4,9-10,13-14,16-18,20,27,33H,5-8,11-12,15,32H2,(H,37,39,40). The lowest BCUT2D eigenvalue weighted by Crippen LogP contribution is -2.54. The molecule has 1 aromatic heterocycles. The molecule has 0 spiro atoms. The molecule has 2 fully saturated rings. The van der Waals surface area contributed by atoms with Crippen molar-refractivity contribution in [3.8, 4) is 0 Å². The maximum absolute atomic E-state index is 13.1. The number of carbonyl (C=O) groups is 4. The number of aromatic nitrogens is 2. The molecule has 3 heterocycles. The molecular weight excluding hydrogens is 534 g/mol. The van der Waals surface area contributed by atoms with E-state index in [1.807, 2.05) is 24.3 Å². The van der Waals surface area contributed by atoms with Crippen molar-refractivity contribution in [2.45, 2.75) is 50.6 Å². The molecular formula is C31H31N7O4. The van der Waals surface area contributed by atoms with Crippen LogP contribution in [0.1, 0.15) is 64.9 Å². The van der Waals surface area contributed by atoms with Crippen LogP contribution >= 0.6 is 0 Å². The smallest absolute Gasteiger partial charge is 0.262 e. The average molecular weight is 566 g/mol. The van der Waals surface area contributed by atoms with Crippen molar-refractivity contribution in [3.63, 3.8) is 0 Å². The maximum Gasteiger partial charge on any atom is 0.262 e. The van der Waals surface area contributed by atoms with Gasteiger partial charge in [0.1, 0.15) is 6.04 Å². The van der Waals surface area contributed by atoms with E-state index in [0.717, 1.165) is 59.4 Å². The van der Waals surface area contributed by atoms with Gasteiger partial charge in [-0.25, -0.2) is 4.98 Å². The van der Waals surface area contributed by atoms with E-state index in [0.29, 0.717) is 11.6 Å². The zero-order valence-electron chi connectivity index (χ0n) is 23.0. The number of fused-ring (bicyclic) bond motifs is 2. The molecule has 4 amide bonds. The summed E-state index contributed by atoms with van der Waals surface area (Å²) >= 11 is 0. The topological polar surface area (TPSA) is 160 Å². The first-order valence-corrected chi connectivity index (χ1v) is 14.2. The van der Waals surface area contributed by atoms with Gasteiger partial charge in [0.2, 0.25) is 11.8 Å². The van der Waals surface area contributed by atoms with E-state index in [2.05, 4.69) is 20.6 Å². The van der Waals surface area contributed by atoms with Crippen molar-refractivity contribution in [1.82, 2.24) is 20.2 Å². The van der Waals surface area contributed by atoms with Crippen molar-refractivity contribution in [1.29, 1.82) is 0 Å². The Bertz CT molecular complexity index is 1640. The molecule has 1 saturated carbocycles. The van der Waals surface area contributed by atoms with Crippen LogP contribution < -0.4 is 16.4 Å². The molecule has 0 bridgehead atoms. The summed E-state index contributed by atoms with van der Waals surface area (Å²) in [6, 6.07) is 12.0. The molecule has 11 nitrogen and oxygen atoms in total. The van der Waals surface area contributed by atoms with Crippen LogP contribution in [0.25, 0.3) is 16.6 Å². The highest BCUT2D eigenvalue weighted by Gasteiger charge is 2.44. The molecule has 3 aliphatic rings. The molecule has 0 radical (unpaired) electrons. The van der Waals surface area contributed by atoms with E-state index in [9.17, 15) is 19.2 Å². The fourth-order valence-electron chi connectivity index (χ4n) is 5.82. The summed E-state index contributed by atoms with van der Waals surface area (Å²) in [5.41, 5.74) is 10.2. The van der Waals surface area contributed by atoms with Crippen molar-refractivity contribution in [3.05, 3.63) is 71.7 Å². The van der Waals surface area contributed by atoms with Gasteiger partial charge in [0.25, 0.3) is 11.8 Å². The van der Waals surface area contributed by atoms with E-state index >= 15 is 0 Å². The number of anilines is 1. The SMILES string of the molecule is NC=C(C=NC1CCC(CNc2ccc3c(c2)C(=O)N(C2CCC(=O)NC2=O)C3=O)CC1)c1cnc2ccccc2n1. The van der Waals surface area contributed by atoms with Crippen LogP contribution in [0.4, 0.5) is 5.69 Å². The molecule has 42 heavy (non-hydrogen) atoms. The van der Waals surface area contributed by atoms with E-state index < -0.39 is 29.7 Å². The summed E-state index contributed by atoms with van der Waals surface area (Å²) < 4.78 is 0. The van der Waals surface area contributed by atoms with Crippen LogP contribution in [0.2, 0.25) is 0 Å². The molecule has 1 unspecified atom stereocenters. The lowest BCUT2D eigenvalue weighted by Gasteiger charge is -2.27. The lowest BCUT2D eigenvalue weighted by molar-refractivity contribution is -0.136. The molecule has 1 saturated heterocycles. The largest absolute Gasteiger partial charge is 0.404 e. The number of carbonyl (C=O) groups excluding carboxylic acids is 4. The first-order valence-electron chi connectivity index (χ1n) is 14.2. The average Bonchev–Trinajstić information content (AvgIpc) is 3.25. The Kier molecular flexibility index (Phi) is 7.47. The quantitative estimate of drug-likeness (QED) is 0.291. The predicted octanol–water partition coefficient (Wildman–Crippen LogP) is 3.07. The minimum atomic E-state index is -0.971. The van der Waals surface area contributed by atoms with Crippen molar-refractivity contribution < 1.29 is 19.2 Å². The second-order valence-corrected chi connectivity index (χ2v) is 10.9. The summed E-state index contributed by atoms with van der Waals surface area (Å²) in [7, 11) is 0. The molecule has 214 valence electrons. The third kappa shape index (κ3) is 5.37. The summed E-state index contributed by atoms with van der Waals surface area (Å²) in [5.74, 6) is -1.58. The van der Waals surface area contributed by atoms with Crippen LogP contribution in [0.3, 0.4) is 0 Å². The van der Waals surface area contributed by atoms with Crippen LogP contribution in [0, 0.1) is 5.92 Å². The van der Waals surface area contributed by atoms with Gasteiger partial charge in [0.15, 0.2) is 0 Å². The van der Waals surface area contributed by atoms with Crippen LogP contribution in [0.15, 0.2) is 59.9 Å². The second-order valence-electron chi connectivity index (χ2n) is 10.9. The molecule has 2 aliphatic heterocycles. The fourth-order valence-corrected chi connectivity index (χ4v) is 5.82. The van der Waals surface area contributed by atoms with Crippen molar-refractivity contribution >= 4 is 52.1 Å². The van der Waals surface area contributed by atoms with Gasteiger partial charge in [-0.3, -0.25) is 39.4 Å². The molecule has 1 atom stereocenters. The fraction of sp³-hybridized carbons (Fsp3) is 0.323. The van der Waals surface area contributed by atoms with E-state index in [-0.39, 0.29) is 30.0 Å². The minimum Gasteiger partial charge on any atom is -0.404 e. The number of para-hydroxylation sites is 2. The van der Waals surface area contributed by atoms with Crippen molar-refractivity contribution in [2.24, 2.45) is 16.6 Å². The Morgan fingerprint density at radius 3 is 2.52 bits per heavy atom. The van der Waals surface area contributed by atoms with Crippen molar-refractivity contribution in [2.75, 3.05) is 11.9 Å². The number of nitrogens with zero attached hydrogens (tertiary/aromatic N) is 4. The Morgan fingerprint density at radius 2 is 1.76 bits per heavy atom. The number of rotatable bonds is 7. The van der Waals surface area contributed by atoms with E-state index in [4.69, 9.17) is 10.7 Å². The van der Waals surface area contributed by atoms with Crippen LogP contribution in [0.5, 0.6) is 0 Å². The number of benzene rings is 2. The van der Waals surface area contributed by atoms with E-state index in [1.54, 1.807) is 30.6 Å². The first-order chi connectivity index (χ1) is 20.4. The van der Waals surface area contributed by atoms with Gasteiger partial charge < -0.3 is 11.1 Å². The number of piperidine rings is 1. The minimum absolute atomic E-state index is 0.0915. The van der Waals surface area contributed by atoms with Crippen LogP contribution in [-0.2, 0) is 9.59 Å². The predicted molar refractivity (Wildman–Crippen MR) is 158 cm³/mol. The highest BCUT2D eigenvalue weighted by Crippen LogP contribution is 2.31. The number of hydrogen-bond acceptors (Lipinski definition) is 9. The first kappa shape index (κ1) is 27.3. The molecule has 11 heteroatoms. The third-order valence-electron chi connectivity index (χ3n) is 8.20. The number of hydrogen-bond donors (Lipinski definition) is 3. The van der Waals surface area contributed by atoms with E-state index in [1.165, 1.54) is 6.20 Å². The Labute approximate surface area is 242 Å². The highest BCUT2D eigenvalue weighted by atomic mass is 16.2. The Hall–Kier alpha value is -4.93. The lowest BCUT2D eigenvalue weighted by atomic mass is 9.86.